The normalized spacial score (nSPS) is 28.3. The minimum atomic E-state index is -4.98. The highest BCUT2D eigenvalue weighted by Gasteiger charge is 2.64. The van der Waals surface area contributed by atoms with Gasteiger partial charge in [0.2, 0.25) is 27.4 Å². The van der Waals surface area contributed by atoms with E-state index in [1.807, 2.05) is 0 Å². The van der Waals surface area contributed by atoms with Crippen molar-refractivity contribution < 1.29 is 63.4 Å². The Morgan fingerprint density at radius 1 is 1.03 bits per heavy atom. The molecule has 2 aliphatic carbocycles. The summed E-state index contributed by atoms with van der Waals surface area (Å²) >= 11 is 0. The smallest absolute Gasteiger partial charge is 0.437 e. The predicted molar refractivity (Wildman–Crippen MR) is 203 cm³/mol. The average Bonchev–Trinajstić information content (AvgIpc) is 4.03. The van der Waals surface area contributed by atoms with Gasteiger partial charge < -0.3 is 25.0 Å². The van der Waals surface area contributed by atoms with E-state index in [9.17, 15) is 53.9 Å². The number of rotatable bonds is 5. The average molecular weight is 872 g/mol. The molecule has 3 fully saturated rings. The summed E-state index contributed by atoms with van der Waals surface area (Å²) in [5.74, 6) is -4.11. The van der Waals surface area contributed by atoms with Crippen LogP contribution in [0.4, 0.5) is 31.1 Å². The number of sulfonamides is 1. The number of nitrogens with zero attached hydrogens (tertiary/aromatic N) is 2. The van der Waals surface area contributed by atoms with E-state index in [0.29, 0.717) is 51.3 Å². The lowest BCUT2D eigenvalue weighted by molar-refractivity contribution is -0.244. The second-order valence-corrected chi connectivity index (χ2v) is 19.8. The number of allylic oxidation sites excluding steroid dienone is 1. The van der Waals surface area contributed by atoms with Crippen LogP contribution < -0.4 is 20.1 Å². The van der Waals surface area contributed by atoms with Crippen molar-refractivity contribution in [2.45, 2.75) is 144 Å². The lowest BCUT2D eigenvalue weighted by Gasteiger charge is -2.37. The summed E-state index contributed by atoms with van der Waals surface area (Å²) < 4.78 is 123. The molecule has 20 heteroatoms. The van der Waals surface area contributed by atoms with Gasteiger partial charge in [-0.3, -0.25) is 19.1 Å². The van der Waals surface area contributed by atoms with Crippen molar-refractivity contribution in [3.63, 3.8) is 0 Å². The molecule has 13 nitrogen and oxygen atoms in total. The zero-order chi connectivity index (χ0) is 43.8. The van der Waals surface area contributed by atoms with Crippen molar-refractivity contribution in [1.82, 2.24) is 25.2 Å². The highest BCUT2D eigenvalue weighted by atomic mass is 32.2. The largest absolute Gasteiger partial charge is 0.483 e. The molecule has 60 heavy (non-hydrogen) atoms. The van der Waals surface area contributed by atoms with E-state index < -0.39 is 110 Å². The van der Waals surface area contributed by atoms with E-state index in [2.05, 4.69) is 20.3 Å². The van der Waals surface area contributed by atoms with Crippen LogP contribution in [0.15, 0.2) is 30.4 Å². The van der Waals surface area contributed by atoms with Gasteiger partial charge >= 0.3 is 18.4 Å². The van der Waals surface area contributed by atoms with Crippen LogP contribution in [-0.4, -0.2) is 88.4 Å². The Morgan fingerprint density at radius 3 is 2.42 bits per heavy atom. The van der Waals surface area contributed by atoms with Crippen LogP contribution in [0.2, 0.25) is 0 Å². The third-order valence-corrected chi connectivity index (χ3v) is 14.7. The maximum atomic E-state index is 14.7. The SMILES string of the molecule is Cc1ccc2nc(C(F)(F)F)c3c(c2c1)CCC1(CC2C(=O)NC4(C(=O)NS(=O)(=O)C5(C)CC5)CC4C=CCCCCCC(NC(=O)OC(C)(C)C(F)(F)F)C(=O)N2C1)O3. The first-order valence-corrected chi connectivity index (χ1v) is 21.4. The standard InChI is InChI=1S/C40H47F6N5O8S/c1-22-12-13-26-25(18-22)24-14-15-37(58-29(24)30(47-26)39(41,42)43)20-28-31(52)49-38(33(54)50-60(56,57)36(4)16-17-36)19-23(38)10-8-6-5-7-9-11-27(32(53)51(28)21-37)48-34(55)59-35(2,3)40(44,45)46/h8,10,12-13,18,23,27-28H,5-7,9,11,14-17,19-21H2,1-4H3,(H,48,55)(H,49,52)(H,50,54). The lowest BCUT2D eigenvalue weighted by atomic mass is 9.86. The molecule has 328 valence electrons. The van der Waals surface area contributed by atoms with Gasteiger partial charge in [-0.1, -0.05) is 36.6 Å². The molecule has 5 atom stereocenters. The van der Waals surface area contributed by atoms with Gasteiger partial charge in [0.05, 0.1) is 16.8 Å². The van der Waals surface area contributed by atoms with Crippen LogP contribution in [-0.2, 0) is 41.7 Å². The number of aromatic nitrogens is 1. The molecule has 0 bridgehead atoms. The number of fused-ring (bicyclic) bond motifs is 5. The van der Waals surface area contributed by atoms with Crippen LogP contribution in [0.5, 0.6) is 5.75 Å². The number of carbonyl (C=O) groups is 4. The van der Waals surface area contributed by atoms with E-state index in [4.69, 9.17) is 9.47 Å². The third-order valence-electron chi connectivity index (χ3n) is 12.6. The van der Waals surface area contributed by atoms with Gasteiger partial charge in [-0.05, 0) is 91.2 Å². The van der Waals surface area contributed by atoms with Crippen molar-refractivity contribution in [3.05, 3.63) is 47.2 Å². The van der Waals surface area contributed by atoms with E-state index in [0.717, 1.165) is 10.5 Å². The van der Waals surface area contributed by atoms with Crippen LogP contribution in [0.3, 0.4) is 0 Å². The summed E-state index contributed by atoms with van der Waals surface area (Å²) in [6.45, 7) is 4.01. The van der Waals surface area contributed by atoms with Crippen molar-refractivity contribution in [2.24, 2.45) is 5.92 Å². The molecule has 1 saturated heterocycles. The van der Waals surface area contributed by atoms with Crippen molar-refractivity contribution in [3.8, 4) is 5.75 Å². The quantitative estimate of drug-likeness (QED) is 0.239. The number of pyridine rings is 1. The molecular formula is C40H47F6N5O8S. The highest BCUT2D eigenvalue weighted by molar-refractivity contribution is 7.91. The number of halogens is 6. The Kier molecular flexibility index (Phi) is 10.7. The summed E-state index contributed by atoms with van der Waals surface area (Å²) in [6, 6.07) is 1.66. The Labute approximate surface area is 342 Å². The first-order chi connectivity index (χ1) is 27.8. The number of amides is 4. The molecule has 1 spiro atoms. The van der Waals surface area contributed by atoms with Gasteiger partial charge in [0.1, 0.15) is 23.2 Å². The second kappa shape index (κ2) is 14.8. The fourth-order valence-electron chi connectivity index (χ4n) is 8.30. The van der Waals surface area contributed by atoms with Crippen LogP contribution in [0.25, 0.3) is 10.9 Å². The molecule has 0 radical (unpaired) electrons. The molecule has 4 amide bonds. The summed E-state index contributed by atoms with van der Waals surface area (Å²) in [5, 5.41) is 5.35. The molecular weight excluding hydrogens is 825 g/mol. The molecule has 4 heterocycles. The first kappa shape index (κ1) is 43.5. The van der Waals surface area contributed by atoms with Gasteiger partial charge in [-0.15, -0.1) is 0 Å². The summed E-state index contributed by atoms with van der Waals surface area (Å²) in [5.41, 5.74) is -6.62. The number of hydrogen-bond acceptors (Lipinski definition) is 9. The number of carbonyl (C=O) groups excluding carboxylic acids is 4. The van der Waals surface area contributed by atoms with Crippen LogP contribution in [0.1, 0.15) is 102 Å². The van der Waals surface area contributed by atoms with Gasteiger partial charge in [-0.25, -0.2) is 18.2 Å². The lowest BCUT2D eigenvalue weighted by Crippen LogP contribution is -2.59. The number of alkyl halides is 6. The Bertz CT molecular complexity index is 2260. The van der Waals surface area contributed by atoms with E-state index in [-0.39, 0.29) is 43.2 Å². The zero-order valence-electron chi connectivity index (χ0n) is 33.4. The number of nitrogens with one attached hydrogen (secondary N) is 3. The summed E-state index contributed by atoms with van der Waals surface area (Å²) in [4.78, 5) is 61.1. The second-order valence-electron chi connectivity index (χ2n) is 17.6. The predicted octanol–water partition coefficient (Wildman–Crippen LogP) is 6.06. The number of aryl methyl sites for hydroxylation is 2. The summed E-state index contributed by atoms with van der Waals surface area (Å²) in [6.07, 6.45) is -6.09. The molecule has 1 aromatic heterocycles. The first-order valence-electron chi connectivity index (χ1n) is 19.9. The fourth-order valence-corrected chi connectivity index (χ4v) is 9.61. The summed E-state index contributed by atoms with van der Waals surface area (Å²) in [7, 11) is -4.16. The van der Waals surface area contributed by atoms with Crippen molar-refractivity contribution in [1.29, 1.82) is 0 Å². The monoisotopic (exact) mass is 871 g/mol. The van der Waals surface area contributed by atoms with Gasteiger partial charge in [-0.2, -0.15) is 26.3 Å². The van der Waals surface area contributed by atoms with Gasteiger partial charge in [0, 0.05) is 23.3 Å². The van der Waals surface area contributed by atoms with Crippen molar-refractivity contribution >= 4 is 44.7 Å². The van der Waals surface area contributed by atoms with Gasteiger partial charge in [0.15, 0.2) is 11.4 Å². The Balaban J connectivity index is 1.27. The van der Waals surface area contributed by atoms with E-state index in [1.54, 1.807) is 31.2 Å². The van der Waals surface area contributed by atoms with Crippen molar-refractivity contribution in [2.75, 3.05) is 6.54 Å². The molecule has 7 rings (SSSR count). The molecule has 5 unspecified atom stereocenters. The van der Waals surface area contributed by atoms with E-state index >= 15 is 0 Å². The molecule has 1 aromatic carbocycles. The zero-order valence-corrected chi connectivity index (χ0v) is 34.3. The number of hydrogen-bond donors (Lipinski definition) is 3. The highest BCUT2D eigenvalue weighted by Crippen LogP contribution is 2.50. The molecule has 2 aromatic rings. The molecule has 2 saturated carbocycles. The molecule has 3 aliphatic heterocycles. The maximum Gasteiger partial charge on any atom is 0.437 e. The Morgan fingerprint density at radius 2 is 1.75 bits per heavy atom. The van der Waals surface area contributed by atoms with Crippen LogP contribution in [0, 0.1) is 12.8 Å². The number of benzene rings is 1. The molecule has 3 N–H and O–H groups in total. The Hall–Kier alpha value is -4.62. The van der Waals surface area contributed by atoms with Gasteiger partial charge in [0.25, 0.3) is 5.91 Å². The topological polar surface area (TPSA) is 173 Å². The maximum absolute atomic E-state index is 14.7. The number of ether oxygens (including phenoxy) is 2. The van der Waals surface area contributed by atoms with E-state index in [1.165, 1.54) is 13.0 Å². The third kappa shape index (κ3) is 8.11. The minimum Gasteiger partial charge on any atom is -0.483 e. The number of alkyl carbamates (subject to hydrolysis) is 1. The fraction of sp³-hybridized carbons (Fsp3) is 0.625. The molecule has 5 aliphatic rings. The van der Waals surface area contributed by atoms with Crippen LogP contribution >= 0.6 is 0 Å². The minimum absolute atomic E-state index is 0.00110.